The Kier molecular flexibility index (Phi) is 4.31. The minimum Gasteiger partial charge on any atom is -0.496 e. The van der Waals surface area contributed by atoms with E-state index in [9.17, 15) is 9.18 Å². The number of halogens is 1. The summed E-state index contributed by atoms with van der Waals surface area (Å²) < 4.78 is 18.2. The number of carbonyl (C=O) groups excluding carboxylic acids is 1. The van der Waals surface area contributed by atoms with E-state index in [4.69, 9.17) is 22.7 Å². The monoisotopic (exact) mass is 310 g/mol. The van der Waals surface area contributed by atoms with Crippen LogP contribution in [0, 0.1) is 5.82 Å². The minimum absolute atomic E-state index is 0.0172. The van der Waals surface area contributed by atoms with E-state index in [1.165, 1.54) is 36.6 Å². The number of nitrogens with one attached hydrogen (secondary N) is 1. The number of hydrogen-bond donors (Lipinski definition) is 2. The molecule has 0 fully saturated rings. The Balaban J connectivity index is 2.25. The molecule has 104 valence electrons. The Hall–Kier alpha value is -1.99. The molecule has 0 aliphatic rings. The van der Waals surface area contributed by atoms with Crippen LogP contribution < -0.4 is 15.8 Å². The number of rotatable bonds is 4. The molecule has 0 spiro atoms. The van der Waals surface area contributed by atoms with E-state index in [0.717, 1.165) is 0 Å². The summed E-state index contributed by atoms with van der Waals surface area (Å²) in [5, 5.41) is 4.37. The number of benzene rings is 1. The second-order valence-corrected chi connectivity index (χ2v) is 5.21. The van der Waals surface area contributed by atoms with E-state index in [1.54, 1.807) is 11.4 Å². The molecule has 20 heavy (non-hydrogen) atoms. The van der Waals surface area contributed by atoms with Gasteiger partial charge in [-0.2, -0.15) is 0 Å². The van der Waals surface area contributed by atoms with E-state index in [1.807, 2.05) is 0 Å². The second kappa shape index (κ2) is 5.98. The third kappa shape index (κ3) is 3.12. The lowest BCUT2D eigenvalue weighted by atomic mass is 10.1. The molecule has 1 aromatic heterocycles. The lowest BCUT2D eigenvalue weighted by Crippen LogP contribution is -2.17. The van der Waals surface area contributed by atoms with Crippen LogP contribution in [-0.4, -0.2) is 18.0 Å². The molecule has 7 heteroatoms. The number of thiophene rings is 1. The van der Waals surface area contributed by atoms with Gasteiger partial charge >= 0.3 is 0 Å². The molecule has 0 aliphatic heterocycles. The fourth-order valence-electron chi connectivity index (χ4n) is 1.56. The molecule has 2 rings (SSSR count). The first kappa shape index (κ1) is 14.4. The van der Waals surface area contributed by atoms with Crippen molar-refractivity contribution >= 4 is 40.1 Å². The summed E-state index contributed by atoms with van der Waals surface area (Å²) >= 11 is 6.09. The van der Waals surface area contributed by atoms with Crippen LogP contribution in [0.25, 0.3) is 0 Å². The van der Waals surface area contributed by atoms with Gasteiger partial charge in [0.15, 0.2) is 0 Å². The molecule has 1 amide bonds. The maximum atomic E-state index is 13.2. The van der Waals surface area contributed by atoms with Gasteiger partial charge in [0, 0.05) is 17.0 Å². The number of amides is 1. The standard InChI is InChI=1S/C13H11FN2O2S2/c1-18-8-5-11(20-6-8)13(17)16-10-3-2-7(14)4-9(10)12(15)19/h2-6H,1H3,(H2,15,19)(H,16,17). The summed E-state index contributed by atoms with van der Waals surface area (Å²) in [5.74, 6) is -0.195. The highest BCUT2D eigenvalue weighted by atomic mass is 32.1. The molecule has 0 saturated heterocycles. The summed E-state index contributed by atoms with van der Waals surface area (Å²) in [6.07, 6.45) is 0. The highest BCUT2D eigenvalue weighted by Gasteiger charge is 2.13. The second-order valence-electron chi connectivity index (χ2n) is 3.86. The first-order valence-electron chi connectivity index (χ1n) is 5.54. The van der Waals surface area contributed by atoms with Gasteiger partial charge < -0.3 is 15.8 Å². The van der Waals surface area contributed by atoms with Gasteiger partial charge in [-0.25, -0.2) is 4.39 Å². The summed E-state index contributed by atoms with van der Waals surface area (Å²) in [6.45, 7) is 0. The Bertz CT molecular complexity index is 670. The highest BCUT2D eigenvalue weighted by molar-refractivity contribution is 7.80. The molecular formula is C13H11FN2O2S2. The molecule has 3 N–H and O–H groups in total. The van der Waals surface area contributed by atoms with Gasteiger partial charge in [0.25, 0.3) is 5.91 Å². The van der Waals surface area contributed by atoms with Gasteiger partial charge in [-0.1, -0.05) is 12.2 Å². The molecule has 0 unspecified atom stereocenters. The topological polar surface area (TPSA) is 64.3 Å². The minimum atomic E-state index is -0.469. The zero-order valence-electron chi connectivity index (χ0n) is 10.5. The average molecular weight is 310 g/mol. The van der Waals surface area contributed by atoms with Crippen molar-refractivity contribution in [2.75, 3.05) is 12.4 Å². The highest BCUT2D eigenvalue weighted by Crippen LogP contribution is 2.23. The predicted octanol–water partition coefficient (Wildman–Crippen LogP) is 2.78. The van der Waals surface area contributed by atoms with Crippen molar-refractivity contribution < 1.29 is 13.9 Å². The molecule has 0 bridgehead atoms. The molecule has 0 aliphatic carbocycles. The maximum absolute atomic E-state index is 13.2. The van der Waals surface area contributed by atoms with Crippen LogP contribution in [0.3, 0.4) is 0 Å². The van der Waals surface area contributed by atoms with E-state index in [-0.39, 0.29) is 16.5 Å². The number of ether oxygens (including phenoxy) is 1. The molecule has 0 radical (unpaired) electrons. The number of anilines is 1. The lowest BCUT2D eigenvalue weighted by Gasteiger charge is -2.09. The van der Waals surface area contributed by atoms with Gasteiger partial charge in [0.2, 0.25) is 0 Å². The predicted molar refractivity (Wildman–Crippen MR) is 81.1 cm³/mol. The number of methoxy groups -OCH3 is 1. The van der Waals surface area contributed by atoms with Crippen molar-refractivity contribution in [2.24, 2.45) is 5.73 Å². The first-order chi connectivity index (χ1) is 9.51. The summed E-state index contributed by atoms with van der Waals surface area (Å²) in [4.78, 5) is 12.6. The molecular weight excluding hydrogens is 299 g/mol. The van der Waals surface area contributed by atoms with Gasteiger partial charge in [-0.15, -0.1) is 11.3 Å². The normalized spacial score (nSPS) is 10.1. The van der Waals surface area contributed by atoms with Crippen LogP contribution in [-0.2, 0) is 0 Å². The van der Waals surface area contributed by atoms with Gasteiger partial charge in [-0.05, 0) is 18.2 Å². The number of carbonyl (C=O) groups is 1. The smallest absolute Gasteiger partial charge is 0.265 e. The summed E-state index contributed by atoms with van der Waals surface area (Å²) in [7, 11) is 1.52. The van der Waals surface area contributed by atoms with E-state index >= 15 is 0 Å². The lowest BCUT2D eigenvalue weighted by molar-refractivity contribution is 0.103. The fraction of sp³-hybridized carbons (Fsp3) is 0.0769. The maximum Gasteiger partial charge on any atom is 0.265 e. The number of thiocarbonyl (C=S) groups is 1. The van der Waals surface area contributed by atoms with Crippen molar-refractivity contribution in [3.8, 4) is 5.75 Å². The SMILES string of the molecule is COc1csc(C(=O)Nc2ccc(F)cc2C(N)=S)c1. The van der Waals surface area contributed by atoms with Crippen LogP contribution in [0.4, 0.5) is 10.1 Å². The molecule has 0 saturated carbocycles. The van der Waals surface area contributed by atoms with Crippen LogP contribution in [0.15, 0.2) is 29.6 Å². The zero-order valence-corrected chi connectivity index (χ0v) is 12.1. The Morgan fingerprint density at radius 3 is 2.80 bits per heavy atom. The van der Waals surface area contributed by atoms with Gasteiger partial charge in [-0.3, -0.25) is 4.79 Å². The first-order valence-corrected chi connectivity index (χ1v) is 6.83. The van der Waals surface area contributed by atoms with Crippen molar-refractivity contribution in [3.05, 3.63) is 45.9 Å². The molecule has 1 aromatic carbocycles. The van der Waals surface area contributed by atoms with Crippen LogP contribution in [0.2, 0.25) is 0 Å². The van der Waals surface area contributed by atoms with Crippen LogP contribution in [0.1, 0.15) is 15.2 Å². The molecule has 0 atom stereocenters. The fourth-order valence-corrected chi connectivity index (χ4v) is 2.48. The largest absolute Gasteiger partial charge is 0.496 e. The zero-order chi connectivity index (χ0) is 14.7. The summed E-state index contributed by atoms with van der Waals surface area (Å²) in [6, 6.07) is 5.45. The van der Waals surface area contributed by atoms with E-state index in [0.29, 0.717) is 16.3 Å². The van der Waals surface area contributed by atoms with Crippen molar-refractivity contribution in [2.45, 2.75) is 0 Å². The van der Waals surface area contributed by atoms with Crippen molar-refractivity contribution in [3.63, 3.8) is 0 Å². The number of nitrogens with two attached hydrogens (primary N) is 1. The summed E-state index contributed by atoms with van der Waals surface area (Å²) in [5.41, 5.74) is 6.18. The van der Waals surface area contributed by atoms with Crippen molar-refractivity contribution in [1.29, 1.82) is 0 Å². The van der Waals surface area contributed by atoms with Gasteiger partial charge in [0.1, 0.15) is 16.6 Å². The Morgan fingerprint density at radius 2 is 2.20 bits per heavy atom. The third-order valence-electron chi connectivity index (χ3n) is 2.53. The molecule has 2 aromatic rings. The molecule has 1 heterocycles. The number of hydrogen-bond acceptors (Lipinski definition) is 4. The van der Waals surface area contributed by atoms with Crippen molar-refractivity contribution in [1.82, 2.24) is 0 Å². The Morgan fingerprint density at radius 1 is 1.45 bits per heavy atom. The third-order valence-corrected chi connectivity index (χ3v) is 3.66. The average Bonchev–Trinajstić information content (AvgIpc) is 2.89. The molecule has 4 nitrogen and oxygen atoms in total. The van der Waals surface area contributed by atoms with E-state index < -0.39 is 5.82 Å². The quantitative estimate of drug-likeness (QED) is 0.852. The van der Waals surface area contributed by atoms with E-state index in [2.05, 4.69) is 5.32 Å². The van der Waals surface area contributed by atoms with Crippen LogP contribution >= 0.6 is 23.6 Å². The van der Waals surface area contributed by atoms with Gasteiger partial charge in [0.05, 0.1) is 17.7 Å². The van der Waals surface area contributed by atoms with Crippen LogP contribution in [0.5, 0.6) is 5.75 Å². The Labute approximate surface area is 124 Å².